The lowest BCUT2D eigenvalue weighted by Crippen LogP contribution is -2.30. The molecule has 1 heterocycles. The molecule has 1 aliphatic rings. The SMILES string of the molecule is CS(=N)(=O)c1ccc(N2CCCCC2)c(F)c1. The van der Waals surface area contributed by atoms with Gasteiger partial charge >= 0.3 is 0 Å². The zero-order chi connectivity index (χ0) is 12.5. The van der Waals surface area contributed by atoms with Crippen molar-refractivity contribution in [3.05, 3.63) is 24.0 Å². The van der Waals surface area contributed by atoms with Crippen molar-refractivity contribution in [1.29, 1.82) is 4.78 Å². The number of hydrogen-bond acceptors (Lipinski definition) is 3. The van der Waals surface area contributed by atoms with Crippen LogP contribution in [0.1, 0.15) is 19.3 Å². The first-order valence-electron chi connectivity index (χ1n) is 5.77. The minimum atomic E-state index is -2.83. The summed E-state index contributed by atoms with van der Waals surface area (Å²) in [7, 11) is -2.83. The summed E-state index contributed by atoms with van der Waals surface area (Å²) in [6.07, 6.45) is 4.68. The molecule has 17 heavy (non-hydrogen) atoms. The highest BCUT2D eigenvalue weighted by Gasteiger charge is 2.16. The normalized spacial score (nSPS) is 20.0. The van der Waals surface area contributed by atoms with Crippen molar-refractivity contribution in [3.8, 4) is 0 Å². The van der Waals surface area contributed by atoms with Crippen molar-refractivity contribution in [3.63, 3.8) is 0 Å². The van der Waals surface area contributed by atoms with Gasteiger partial charge in [0.1, 0.15) is 5.82 Å². The molecule has 0 aliphatic carbocycles. The average molecular weight is 256 g/mol. The van der Waals surface area contributed by atoms with Crippen LogP contribution in [-0.4, -0.2) is 23.6 Å². The molecule has 0 amide bonds. The Kier molecular flexibility index (Phi) is 3.38. The lowest BCUT2D eigenvalue weighted by Gasteiger charge is -2.29. The van der Waals surface area contributed by atoms with Gasteiger partial charge in [-0.2, -0.15) is 0 Å². The maximum absolute atomic E-state index is 13.9. The van der Waals surface area contributed by atoms with Gasteiger partial charge in [0.25, 0.3) is 0 Å². The van der Waals surface area contributed by atoms with Crippen molar-refractivity contribution in [2.45, 2.75) is 24.2 Å². The largest absolute Gasteiger partial charge is 0.369 e. The van der Waals surface area contributed by atoms with Crippen LogP contribution < -0.4 is 4.90 Å². The van der Waals surface area contributed by atoms with Gasteiger partial charge in [-0.15, -0.1) is 0 Å². The molecule has 1 saturated heterocycles. The second kappa shape index (κ2) is 4.64. The number of piperidine rings is 1. The van der Waals surface area contributed by atoms with Gasteiger partial charge in [0.15, 0.2) is 0 Å². The Hall–Kier alpha value is -1.10. The maximum Gasteiger partial charge on any atom is 0.147 e. The summed E-state index contributed by atoms with van der Waals surface area (Å²) in [6.45, 7) is 1.75. The van der Waals surface area contributed by atoms with E-state index in [2.05, 4.69) is 0 Å². The van der Waals surface area contributed by atoms with Gasteiger partial charge in [-0.3, -0.25) is 0 Å². The Morgan fingerprint density at radius 2 is 1.94 bits per heavy atom. The molecule has 1 aliphatic heterocycles. The van der Waals surface area contributed by atoms with Gasteiger partial charge in [-0.25, -0.2) is 13.4 Å². The van der Waals surface area contributed by atoms with Crippen LogP contribution in [0.2, 0.25) is 0 Å². The molecule has 1 unspecified atom stereocenters. The van der Waals surface area contributed by atoms with Crippen LogP contribution in [0.15, 0.2) is 23.1 Å². The Morgan fingerprint density at radius 1 is 1.29 bits per heavy atom. The van der Waals surface area contributed by atoms with Crippen molar-refractivity contribution >= 4 is 15.4 Å². The number of benzene rings is 1. The van der Waals surface area contributed by atoms with Crippen LogP contribution >= 0.6 is 0 Å². The summed E-state index contributed by atoms with van der Waals surface area (Å²) < 4.78 is 32.9. The monoisotopic (exact) mass is 256 g/mol. The highest BCUT2D eigenvalue weighted by Crippen LogP contribution is 2.25. The molecule has 0 bridgehead atoms. The third kappa shape index (κ3) is 2.77. The fourth-order valence-corrected chi connectivity index (χ4v) is 2.78. The van der Waals surface area contributed by atoms with E-state index >= 15 is 0 Å². The third-order valence-electron chi connectivity index (χ3n) is 3.07. The highest BCUT2D eigenvalue weighted by molar-refractivity contribution is 7.91. The standard InChI is InChI=1S/C12H17FN2OS/c1-17(14,16)10-5-6-12(11(13)9-10)15-7-3-2-4-8-15/h5-6,9,14H,2-4,7-8H2,1H3. The van der Waals surface area contributed by atoms with Crippen molar-refractivity contribution in [2.24, 2.45) is 0 Å². The molecule has 0 aromatic heterocycles. The van der Waals surface area contributed by atoms with Gasteiger partial charge in [-0.1, -0.05) is 0 Å². The predicted octanol–water partition coefficient (Wildman–Crippen LogP) is 2.85. The van der Waals surface area contributed by atoms with Crippen LogP contribution in [-0.2, 0) is 9.73 Å². The lowest BCUT2D eigenvalue weighted by molar-refractivity contribution is 0.555. The van der Waals surface area contributed by atoms with E-state index in [0.29, 0.717) is 5.69 Å². The Morgan fingerprint density at radius 3 is 2.47 bits per heavy atom. The summed E-state index contributed by atoms with van der Waals surface area (Å²) in [5, 5.41) is 0. The second-order valence-electron chi connectivity index (χ2n) is 4.50. The van der Waals surface area contributed by atoms with E-state index in [0.717, 1.165) is 25.9 Å². The van der Waals surface area contributed by atoms with Gasteiger partial charge in [0, 0.05) is 24.2 Å². The highest BCUT2D eigenvalue weighted by atomic mass is 32.2. The second-order valence-corrected chi connectivity index (χ2v) is 6.66. The first kappa shape index (κ1) is 12.4. The van der Waals surface area contributed by atoms with Crippen LogP contribution in [0.3, 0.4) is 0 Å². The fourth-order valence-electron chi connectivity index (χ4n) is 2.12. The zero-order valence-electron chi connectivity index (χ0n) is 9.91. The molecule has 1 aromatic carbocycles. The van der Waals surface area contributed by atoms with Crippen molar-refractivity contribution in [2.75, 3.05) is 24.2 Å². The van der Waals surface area contributed by atoms with Gasteiger partial charge in [0.2, 0.25) is 0 Å². The van der Waals surface area contributed by atoms with E-state index in [9.17, 15) is 8.60 Å². The maximum atomic E-state index is 13.9. The van der Waals surface area contributed by atoms with Crippen molar-refractivity contribution in [1.82, 2.24) is 0 Å². The average Bonchev–Trinajstić information content (AvgIpc) is 2.29. The molecular formula is C12H17FN2OS. The molecule has 1 atom stereocenters. The van der Waals surface area contributed by atoms with Gasteiger partial charge in [0.05, 0.1) is 15.4 Å². The van der Waals surface area contributed by atoms with E-state index in [1.54, 1.807) is 12.1 Å². The number of anilines is 1. The van der Waals surface area contributed by atoms with E-state index < -0.39 is 9.73 Å². The molecule has 0 saturated carbocycles. The minimum Gasteiger partial charge on any atom is -0.369 e. The van der Waals surface area contributed by atoms with E-state index in [4.69, 9.17) is 4.78 Å². The van der Waals surface area contributed by atoms with Gasteiger partial charge < -0.3 is 4.90 Å². The number of rotatable bonds is 2. The molecule has 3 nitrogen and oxygen atoms in total. The molecular weight excluding hydrogens is 239 g/mol. The lowest BCUT2D eigenvalue weighted by atomic mass is 10.1. The number of nitrogens with one attached hydrogen (secondary N) is 1. The Labute approximate surface area is 102 Å². The number of halogens is 1. The quantitative estimate of drug-likeness (QED) is 0.884. The molecule has 0 spiro atoms. The number of hydrogen-bond donors (Lipinski definition) is 1. The summed E-state index contributed by atoms with van der Waals surface area (Å²) in [5.41, 5.74) is 0.567. The van der Waals surface area contributed by atoms with Crippen molar-refractivity contribution < 1.29 is 8.60 Å². The molecule has 2 rings (SSSR count). The van der Waals surface area contributed by atoms with Gasteiger partial charge in [-0.05, 0) is 37.5 Å². The molecule has 1 N–H and O–H groups in total. The topological polar surface area (TPSA) is 44.2 Å². The summed E-state index contributed by atoms with van der Waals surface area (Å²) >= 11 is 0. The first-order chi connectivity index (χ1) is 7.98. The summed E-state index contributed by atoms with van der Waals surface area (Å²) in [6, 6.07) is 4.48. The van der Waals surface area contributed by atoms with E-state index in [1.807, 2.05) is 4.90 Å². The summed E-state index contributed by atoms with van der Waals surface area (Å²) in [4.78, 5) is 2.28. The smallest absolute Gasteiger partial charge is 0.147 e. The zero-order valence-corrected chi connectivity index (χ0v) is 10.7. The Balaban J connectivity index is 2.31. The first-order valence-corrected chi connectivity index (χ1v) is 7.73. The van der Waals surface area contributed by atoms with Crippen LogP contribution in [0.25, 0.3) is 0 Å². The fraction of sp³-hybridized carbons (Fsp3) is 0.500. The van der Waals surface area contributed by atoms with Crippen LogP contribution in [0.5, 0.6) is 0 Å². The predicted molar refractivity (Wildman–Crippen MR) is 67.5 cm³/mol. The molecule has 1 fully saturated rings. The number of nitrogens with zero attached hydrogens (tertiary/aromatic N) is 1. The van der Waals surface area contributed by atoms with E-state index in [-0.39, 0.29) is 10.7 Å². The molecule has 5 heteroatoms. The van der Waals surface area contributed by atoms with Crippen LogP contribution in [0, 0.1) is 10.6 Å². The summed E-state index contributed by atoms with van der Waals surface area (Å²) in [5.74, 6) is -0.369. The molecule has 1 aromatic rings. The Bertz CT molecular complexity index is 507. The molecule has 94 valence electrons. The van der Waals surface area contributed by atoms with Crippen LogP contribution in [0.4, 0.5) is 10.1 Å². The third-order valence-corrected chi connectivity index (χ3v) is 4.22. The minimum absolute atomic E-state index is 0.260. The molecule has 0 radical (unpaired) electrons. The van der Waals surface area contributed by atoms with E-state index in [1.165, 1.54) is 18.7 Å².